The third-order valence-electron chi connectivity index (χ3n) is 2.33. The fourth-order valence-corrected chi connectivity index (χ4v) is 1.92. The third-order valence-corrected chi connectivity index (χ3v) is 2.93. The Labute approximate surface area is 102 Å². The Morgan fingerprint density at radius 3 is 2.56 bits per heavy atom. The van der Waals surface area contributed by atoms with E-state index in [1.54, 1.807) is 6.20 Å². The van der Waals surface area contributed by atoms with Gasteiger partial charge in [-0.3, -0.25) is 0 Å². The first-order chi connectivity index (χ1) is 7.81. The quantitative estimate of drug-likeness (QED) is 0.807. The lowest BCUT2D eigenvalue weighted by molar-refractivity contribution is -0.107. The molecule has 0 radical (unpaired) electrons. The van der Waals surface area contributed by atoms with Gasteiger partial charge in [0, 0.05) is 6.42 Å². The fraction of sp³-hybridized carbons (Fsp3) is 0.167. The summed E-state index contributed by atoms with van der Waals surface area (Å²) in [5.41, 5.74) is 2.17. The first-order valence-corrected chi connectivity index (χ1v) is 5.83. The largest absolute Gasteiger partial charge is 0.303 e. The average molecular weight is 279 g/mol. The van der Waals surface area contributed by atoms with Crippen LogP contribution in [0.3, 0.4) is 0 Å². The number of hydrogen-bond acceptors (Lipinski definition) is 2. The predicted molar refractivity (Wildman–Crippen MR) is 65.6 cm³/mol. The molecule has 16 heavy (non-hydrogen) atoms. The van der Waals surface area contributed by atoms with E-state index in [0.29, 0.717) is 6.42 Å². The number of nitrogens with zero attached hydrogens (tertiary/aromatic N) is 2. The van der Waals surface area contributed by atoms with Gasteiger partial charge in [-0.25, -0.2) is 4.68 Å². The fourth-order valence-electron chi connectivity index (χ4n) is 1.51. The van der Waals surface area contributed by atoms with E-state index in [0.717, 1.165) is 23.0 Å². The highest BCUT2D eigenvalue weighted by atomic mass is 79.9. The molecule has 2 aromatic rings. The van der Waals surface area contributed by atoms with Crippen LogP contribution in [0.5, 0.6) is 0 Å². The number of carbonyl (C=O) groups excluding carboxylic acids is 1. The molecule has 0 N–H and O–H groups in total. The van der Waals surface area contributed by atoms with Gasteiger partial charge < -0.3 is 4.79 Å². The third kappa shape index (κ3) is 2.39. The van der Waals surface area contributed by atoms with Crippen molar-refractivity contribution < 1.29 is 4.79 Å². The SMILES string of the molecule is O=CCCc1ccc(-n2nccc2Br)cc1. The van der Waals surface area contributed by atoms with Crippen LogP contribution in [0.1, 0.15) is 12.0 Å². The second-order valence-corrected chi connectivity index (χ2v) is 4.25. The van der Waals surface area contributed by atoms with Crippen LogP contribution < -0.4 is 0 Å². The number of aromatic nitrogens is 2. The van der Waals surface area contributed by atoms with Crippen molar-refractivity contribution in [2.45, 2.75) is 12.8 Å². The van der Waals surface area contributed by atoms with Crippen LogP contribution in [0.15, 0.2) is 41.1 Å². The molecule has 3 nitrogen and oxygen atoms in total. The van der Waals surface area contributed by atoms with Crippen molar-refractivity contribution in [1.82, 2.24) is 9.78 Å². The van der Waals surface area contributed by atoms with Crippen LogP contribution in [0.4, 0.5) is 0 Å². The molecule has 0 saturated heterocycles. The molecule has 0 aliphatic rings. The van der Waals surface area contributed by atoms with Crippen LogP contribution in [0.2, 0.25) is 0 Å². The lowest BCUT2D eigenvalue weighted by Crippen LogP contribution is -1.96. The Kier molecular flexibility index (Phi) is 3.51. The van der Waals surface area contributed by atoms with E-state index < -0.39 is 0 Å². The Balaban J connectivity index is 2.19. The van der Waals surface area contributed by atoms with Crippen molar-refractivity contribution in [3.63, 3.8) is 0 Å². The summed E-state index contributed by atoms with van der Waals surface area (Å²) in [4.78, 5) is 10.3. The van der Waals surface area contributed by atoms with E-state index >= 15 is 0 Å². The second kappa shape index (κ2) is 5.07. The van der Waals surface area contributed by atoms with Crippen molar-refractivity contribution >= 4 is 22.2 Å². The van der Waals surface area contributed by atoms with Gasteiger partial charge in [0.25, 0.3) is 0 Å². The molecule has 0 spiro atoms. The molecule has 0 aliphatic heterocycles. The maximum Gasteiger partial charge on any atom is 0.120 e. The molecule has 0 amide bonds. The normalized spacial score (nSPS) is 10.3. The standard InChI is InChI=1S/C12H11BrN2O/c13-12-7-8-14-15(12)11-5-3-10(4-6-11)2-1-9-16/h3-9H,1-2H2. The molecule has 0 fully saturated rings. The molecule has 1 aromatic carbocycles. The van der Waals surface area contributed by atoms with Gasteiger partial charge in [-0.15, -0.1) is 0 Å². The minimum Gasteiger partial charge on any atom is -0.303 e. The van der Waals surface area contributed by atoms with Gasteiger partial charge in [0.05, 0.1) is 11.9 Å². The van der Waals surface area contributed by atoms with Gasteiger partial charge in [-0.1, -0.05) is 12.1 Å². The molecule has 0 atom stereocenters. The van der Waals surface area contributed by atoms with Crippen LogP contribution in [-0.4, -0.2) is 16.1 Å². The van der Waals surface area contributed by atoms with Gasteiger partial charge >= 0.3 is 0 Å². The second-order valence-electron chi connectivity index (χ2n) is 3.44. The molecular formula is C12H11BrN2O. The number of halogens is 1. The molecule has 0 saturated carbocycles. The predicted octanol–water partition coefficient (Wildman–Crippen LogP) is 2.77. The molecule has 82 valence electrons. The summed E-state index contributed by atoms with van der Waals surface area (Å²) in [6.45, 7) is 0. The highest BCUT2D eigenvalue weighted by molar-refractivity contribution is 9.10. The monoisotopic (exact) mass is 278 g/mol. The summed E-state index contributed by atoms with van der Waals surface area (Å²) in [5, 5.41) is 4.19. The van der Waals surface area contributed by atoms with E-state index in [2.05, 4.69) is 21.0 Å². The van der Waals surface area contributed by atoms with E-state index in [1.807, 2.05) is 35.0 Å². The molecule has 2 rings (SSSR count). The smallest absolute Gasteiger partial charge is 0.120 e. The highest BCUT2D eigenvalue weighted by Crippen LogP contribution is 2.16. The number of carbonyl (C=O) groups is 1. The van der Waals surface area contributed by atoms with E-state index in [1.165, 1.54) is 5.56 Å². The Morgan fingerprint density at radius 1 is 1.25 bits per heavy atom. The summed E-state index contributed by atoms with van der Waals surface area (Å²) in [7, 11) is 0. The summed E-state index contributed by atoms with van der Waals surface area (Å²) in [6.07, 6.45) is 4.05. The van der Waals surface area contributed by atoms with Crippen molar-refractivity contribution in [3.05, 3.63) is 46.7 Å². The Morgan fingerprint density at radius 2 is 2.00 bits per heavy atom. The molecule has 4 heteroatoms. The number of hydrogen-bond donors (Lipinski definition) is 0. The lowest BCUT2D eigenvalue weighted by atomic mass is 10.1. The highest BCUT2D eigenvalue weighted by Gasteiger charge is 2.01. The van der Waals surface area contributed by atoms with Crippen LogP contribution in [0, 0.1) is 0 Å². The van der Waals surface area contributed by atoms with Crippen LogP contribution >= 0.6 is 15.9 Å². The van der Waals surface area contributed by atoms with Crippen molar-refractivity contribution in [3.8, 4) is 5.69 Å². The van der Waals surface area contributed by atoms with Crippen LogP contribution in [-0.2, 0) is 11.2 Å². The van der Waals surface area contributed by atoms with Gasteiger partial charge in [-0.05, 0) is 46.1 Å². The minimum absolute atomic E-state index is 0.574. The maximum absolute atomic E-state index is 10.3. The summed E-state index contributed by atoms with van der Waals surface area (Å²) < 4.78 is 2.73. The van der Waals surface area contributed by atoms with Gasteiger partial charge in [0.15, 0.2) is 0 Å². The van der Waals surface area contributed by atoms with Gasteiger partial charge in [0.1, 0.15) is 10.9 Å². The van der Waals surface area contributed by atoms with E-state index in [9.17, 15) is 4.79 Å². The summed E-state index contributed by atoms with van der Waals surface area (Å²) in [5.74, 6) is 0. The molecule has 1 aromatic heterocycles. The number of aldehydes is 1. The zero-order valence-electron chi connectivity index (χ0n) is 8.64. The zero-order chi connectivity index (χ0) is 11.4. The number of rotatable bonds is 4. The molecule has 1 heterocycles. The van der Waals surface area contributed by atoms with Crippen molar-refractivity contribution in [1.29, 1.82) is 0 Å². The van der Waals surface area contributed by atoms with Gasteiger partial charge in [0.2, 0.25) is 0 Å². The zero-order valence-corrected chi connectivity index (χ0v) is 10.2. The molecule has 0 bridgehead atoms. The maximum atomic E-state index is 10.3. The Hall–Kier alpha value is -1.42. The van der Waals surface area contributed by atoms with Crippen molar-refractivity contribution in [2.24, 2.45) is 0 Å². The van der Waals surface area contributed by atoms with E-state index in [4.69, 9.17) is 0 Å². The minimum atomic E-state index is 0.574. The van der Waals surface area contributed by atoms with Crippen LogP contribution in [0.25, 0.3) is 5.69 Å². The molecule has 0 aliphatic carbocycles. The molecule has 0 unspecified atom stereocenters. The lowest BCUT2D eigenvalue weighted by Gasteiger charge is -2.04. The van der Waals surface area contributed by atoms with Gasteiger partial charge in [-0.2, -0.15) is 5.10 Å². The first kappa shape index (κ1) is 11.1. The topological polar surface area (TPSA) is 34.9 Å². The van der Waals surface area contributed by atoms with Crippen molar-refractivity contribution in [2.75, 3.05) is 0 Å². The molecular weight excluding hydrogens is 268 g/mol. The van der Waals surface area contributed by atoms with E-state index in [-0.39, 0.29) is 0 Å². The average Bonchev–Trinajstić information content (AvgIpc) is 2.74. The number of aryl methyl sites for hydroxylation is 1. The first-order valence-electron chi connectivity index (χ1n) is 5.04. The summed E-state index contributed by atoms with van der Waals surface area (Å²) in [6, 6.07) is 9.93. The number of benzene rings is 1. The Bertz CT molecular complexity index is 476. The summed E-state index contributed by atoms with van der Waals surface area (Å²) >= 11 is 3.42.